The predicted molar refractivity (Wildman–Crippen MR) is 84.3 cm³/mol. The molecular formula is C17H20FN3. The standard InChI is InChI=1S/C17H20FN3/c1-21(2)17-7-8-19-11-16(17)20-13-9-12(10-13)14-5-3-4-6-15(14)18/h3-8,11-13,20H,9-10H2,1-2H3. The second-order valence-electron chi connectivity index (χ2n) is 5.82. The third-order valence-electron chi connectivity index (χ3n) is 4.12. The topological polar surface area (TPSA) is 28.2 Å². The molecule has 0 bridgehead atoms. The molecule has 1 aromatic carbocycles. The average molecular weight is 285 g/mol. The van der Waals surface area contributed by atoms with Crippen LogP contribution < -0.4 is 10.2 Å². The van der Waals surface area contributed by atoms with Gasteiger partial charge >= 0.3 is 0 Å². The molecule has 110 valence electrons. The van der Waals surface area contributed by atoms with Crippen LogP contribution in [0.5, 0.6) is 0 Å². The van der Waals surface area contributed by atoms with Gasteiger partial charge in [-0.1, -0.05) is 18.2 Å². The van der Waals surface area contributed by atoms with Crippen LogP contribution in [-0.4, -0.2) is 25.1 Å². The lowest BCUT2D eigenvalue weighted by Crippen LogP contribution is -2.34. The molecule has 0 spiro atoms. The molecule has 0 unspecified atom stereocenters. The predicted octanol–water partition coefficient (Wildman–Crippen LogP) is 3.64. The number of benzene rings is 1. The van der Waals surface area contributed by atoms with Crippen LogP contribution in [0.3, 0.4) is 0 Å². The Bertz CT molecular complexity index is 621. The molecule has 1 aromatic heterocycles. The summed E-state index contributed by atoms with van der Waals surface area (Å²) in [6.07, 6.45) is 5.57. The molecular weight excluding hydrogens is 265 g/mol. The Morgan fingerprint density at radius 1 is 1.19 bits per heavy atom. The highest BCUT2D eigenvalue weighted by molar-refractivity contribution is 5.68. The van der Waals surface area contributed by atoms with Crippen LogP contribution in [0.2, 0.25) is 0 Å². The van der Waals surface area contributed by atoms with E-state index in [-0.39, 0.29) is 5.82 Å². The van der Waals surface area contributed by atoms with E-state index in [0.717, 1.165) is 29.8 Å². The number of halogens is 1. The quantitative estimate of drug-likeness (QED) is 0.929. The zero-order valence-corrected chi connectivity index (χ0v) is 12.4. The summed E-state index contributed by atoms with van der Waals surface area (Å²) in [7, 11) is 4.03. The Kier molecular flexibility index (Phi) is 3.78. The summed E-state index contributed by atoms with van der Waals surface area (Å²) < 4.78 is 13.7. The summed E-state index contributed by atoms with van der Waals surface area (Å²) in [4.78, 5) is 6.25. The van der Waals surface area contributed by atoms with E-state index < -0.39 is 0 Å². The van der Waals surface area contributed by atoms with E-state index in [1.54, 1.807) is 18.3 Å². The second-order valence-corrected chi connectivity index (χ2v) is 5.82. The maximum atomic E-state index is 13.7. The molecule has 0 radical (unpaired) electrons. The number of hydrogen-bond donors (Lipinski definition) is 1. The highest BCUT2D eigenvalue weighted by Crippen LogP contribution is 2.40. The van der Waals surface area contributed by atoms with E-state index in [1.807, 2.05) is 38.5 Å². The Morgan fingerprint density at radius 3 is 2.67 bits per heavy atom. The molecule has 0 saturated heterocycles. The summed E-state index contributed by atoms with van der Waals surface area (Å²) in [5.74, 6) is 0.236. The first kappa shape index (κ1) is 13.9. The van der Waals surface area contributed by atoms with Crippen LogP contribution in [-0.2, 0) is 0 Å². The van der Waals surface area contributed by atoms with Gasteiger partial charge < -0.3 is 10.2 Å². The van der Waals surface area contributed by atoms with E-state index in [2.05, 4.69) is 15.2 Å². The van der Waals surface area contributed by atoms with Crippen molar-refractivity contribution in [3.05, 3.63) is 54.1 Å². The molecule has 1 fully saturated rings. The van der Waals surface area contributed by atoms with Gasteiger partial charge in [0.05, 0.1) is 17.6 Å². The third kappa shape index (κ3) is 2.84. The lowest BCUT2D eigenvalue weighted by Gasteiger charge is -2.37. The Hall–Kier alpha value is -2.10. The maximum absolute atomic E-state index is 13.7. The monoisotopic (exact) mass is 285 g/mol. The first-order valence-corrected chi connectivity index (χ1v) is 7.27. The maximum Gasteiger partial charge on any atom is 0.126 e. The van der Waals surface area contributed by atoms with Crippen LogP contribution in [0.25, 0.3) is 0 Å². The van der Waals surface area contributed by atoms with Crippen molar-refractivity contribution in [2.24, 2.45) is 0 Å². The van der Waals surface area contributed by atoms with Gasteiger partial charge in [0.1, 0.15) is 5.82 Å². The van der Waals surface area contributed by atoms with Crippen LogP contribution >= 0.6 is 0 Å². The fraction of sp³-hybridized carbons (Fsp3) is 0.353. The number of rotatable bonds is 4. The first-order valence-electron chi connectivity index (χ1n) is 7.27. The van der Waals surface area contributed by atoms with Crippen molar-refractivity contribution in [2.45, 2.75) is 24.8 Å². The molecule has 0 amide bonds. The number of nitrogens with zero attached hydrogens (tertiary/aromatic N) is 2. The molecule has 0 aliphatic heterocycles. The SMILES string of the molecule is CN(C)c1ccncc1NC1CC(c2ccccc2F)C1. The van der Waals surface area contributed by atoms with E-state index in [1.165, 1.54) is 0 Å². The van der Waals surface area contributed by atoms with Gasteiger partial charge in [-0.15, -0.1) is 0 Å². The van der Waals surface area contributed by atoms with Gasteiger partial charge in [-0.3, -0.25) is 4.98 Å². The smallest absolute Gasteiger partial charge is 0.126 e. The summed E-state index contributed by atoms with van der Waals surface area (Å²) >= 11 is 0. The molecule has 2 aromatic rings. The lowest BCUT2D eigenvalue weighted by atomic mass is 9.75. The van der Waals surface area contributed by atoms with E-state index in [0.29, 0.717) is 12.0 Å². The van der Waals surface area contributed by atoms with Crippen molar-refractivity contribution in [1.29, 1.82) is 0 Å². The Balaban J connectivity index is 1.64. The van der Waals surface area contributed by atoms with Crippen molar-refractivity contribution >= 4 is 11.4 Å². The molecule has 4 heteroatoms. The fourth-order valence-corrected chi connectivity index (χ4v) is 2.90. The number of aromatic nitrogens is 1. The van der Waals surface area contributed by atoms with Crippen molar-refractivity contribution in [3.8, 4) is 0 Å². The molecule has 21 heavy (non-hydrogen) atoms. The van der Waals surface area contributed by atoms with Gasteiger partial charge in [-0.05, 0) is 36.5 Å². The zero-order valence-electron chi connectivity index (χ0n) is 12.4. The summed E-state index contributed by atoms with van der Waals surface area (Å²) in [6, 6.07) is 9.47. The summed E-state index contributed by atoms with van der Waals surface area (Å²) in [5.41, 5.74) is 3.01. The van der Waals surface area contributed by atoms with Crippen molar-refractivity contribution in [3.63, 3.8) is 0 Å². The summed E-state index contributed by atoms with van der Waals surface area (Å²) in [6.45, 7) is 0. The van der Waals surface area contributed by atoms with Crippen molar-refractivity contribution in [1.82, 2.24) is 4.98 Å². The molecule has 1 N–H and O–H groups in total. The minimum absolute atomic E-state index is 0.0868. The minimum atomic E-state index is -0.0868. The zero-order chi connectivity index (χ0) is 14.8. The highest BCUT2D eigenvalue weighted by Gasteiger charge is 2.32. The third-order valence-corrected chi connectivity index (χ3v) is 4.12. The Morgan fingerprint density at radius 2 is 1.95 bits per heavy atom. The number of anilines is 2. The molecule has 1 aliphatic carbocycles. The first-order chi connectivity index (χ1) is 10.1. The van der Waals surface area contributed by atoms with Gasteiger partial charge in [-0.2, -0.15) is 0 Å². The molecule has 3 rings (SSSR count). The number of nitrogens with one attached hydrogen (secondary N) is 1. The van der Waals surface area contributed by atoms with Gasteiger partial charge in [0.25, 0.3) is 0 Å². The van der Waals surface area contributed by atoms with Crippen LogP contribution in [0, 0.1) is 5.82 Å². The minimum Gasteiger partial charge on any atom is -0.379 e. The van der Waals surface area contributed by atoms with Crippen LogP contribution in [0.1, 0.15) is 24.3 Å². The molecule has 3 nitrogen and oxygen atoms in total. The van der Waals surface area contributed by atoms with Crippen LogP contribution in [0.15, 0.2) is 42.7 Å². The number of hydrogen-bond acceptors (Lipinski definition) is 3. The summed E-state index contributed by atoms with van der Waals surface area (Å²) in [5, 5.41) is 3.52. The normalized spacial score (nSPS) is 20.7. The van der Waals surface area contributed by atoms with Gasteiger partial charge in [0.15, 0.2) is 0 Å². The van der Waals surface area contributed by atoms with Gasteiger partial charge in [-0.25, -0.2) is 4.39 Å². The van der Waals surface area contributed by atoms with E-state index in [4.69, 9.17) is 0 Å². The fourth-order valence-electron chi connectivity index (χ4n) is 2.90. The van der Waals surface area contributed by atoms with Gasteiger partial charge in [0.2, 0.25) is 0 Å². The van der Waals surface area contributed by atoms with Gasteiger partial charge in [0, 0.05) is 26.3 Å². The largest absolute Gasteiger partial charge is 0.379 e. The average Bonchev–Trinajstić information content (AvgIpc) is 2.44. The van der Waals surface area contributed by atoms with Crippen molar-refractivity contribution < 1.29 is 4.39 Å². The highest BCUT2D eigenvalue weighted by atomic mass is 19.1. The second kappa shape index (κ2) is 5.72. The van der Waals surface area contributed by atoms with Crippen molar-refractivity contribution in [2.75, 3.05) is 24.3 Å². The molecule has 0 atom stereocenters. The molecule has 1 aliphatic rings. The van der Waals surface area contributed by atoms with Crippen LogP contribution in [0.4, 0.5) is 15.8 Å². The van der Waals surface area contributed by atoms with E-state index >= 15 is 0 Å². The number of pyridine rings is 1. The Labute approximate surface area is 124 Å². The lowest BCUT2D eigenvalue weighted by molar-refractivity contribution is 0.363. The van der Waals surface area contributed by atoms with E-state index in [9.17, 15) is 4.39 Å². The molecule has 1 saturated carbocycles. The molecule has 1 heterocycles.